The molecular formula is C25H21NO4S. The zero-order valence-electron chi connectivity index (χ0n) is 17.1. The van der Waals surface area contributed by atoms with Crippen molar-refractivity contribution >= 4 is 39.2 Å². The van der Waals surface area contributed by atoms with E-state index in [9.17, 15) is 9.90 Å². The molecule has 3 aromatic carbocycles. The molecule has 0 saturated heterocycles. The summed E-state index contributed by atoms with van der Waals surface area (Å²) in [5, 5.41) is 19.7. The number of hydrogen-bond acceptors (Lipinski definition) is 5. The van der Waals surface area contributed by atoms with E-state index in [4.69, 9.17) is 9.84 Å². The van der Waals surface area contributed by atoms with Crippen LogP contribution in [-0.4, -0.2) is 30.3 Å². The minimum atomic E-state index is -0.988. The van der Waals surface area contributed by atoms with E-state index in [1.54, 1.807) is 23.5 Å². The number of rotatable bonds is 6. The van der Waals surface area contributed by atoms with Crippen molar-refractivity contribution in [2.24, 2.45) is 0 Å². The van der Waals surface area contributed by atoms with Gasteiger partial charge in [0.25, 0.3) is 0 Å². The van der Waals surface area contributed by atoms with Crippen LogP contribution >= 0.6 is 11.3 Å². The van der Waals surface area contributed by atoms with E-state index >= 15 is 0 Å². The van der Waals surface area contributed by atoms with Gasteiger partial charge < -0.3 is 19.8 Å². The molecule has 0 atom stereocenters. The van der Waals surface area contributed by atoms with Gasteiger partial charge in [-0.1, -0.05) is 30.3 Å². The minimum absolute atomic E-state index is 0.210. The molecule has 0 aliphatic rings. The first-order valence-corrected chi connectivity index (χ1v) is 10.4. The molecular weight excluding hydrogens is 410 g/mol. The summed E-state index contributed by atoms with van der Waals surface area (Å²) in [6.07, 6.45) is 2.64. The van der Waals surface area contributed by atoms with Crippen LogP contribution in [0.1, 0.15) is 5.56 Å². The molecule has 6 heteroatoms. The first-order valence-electron chi connectivity index (χ1n) is 9.63. The molecule has 4 aromatic rings. The van der Waals surface area contributed by atoms with Crippen LogP contribution in [-0.2, 0) is 4.79 Å². The number of thiophene rings is 1. The number of benzene rings is 3. The van der Waals surface area contributed by atoms with Crippen LogP contribution in [0.15, 0.2) is 72.8 Å². The number of aliphatic carboxylic acids is 1. The third-order valence-electron chi connectivity index (χ3n) is 4.78. The second-order valence-corrected chi connectivity index (χ2v) is 8.25. The summed E-state index contributed by atoms with van der Waals surface area (Å²) in [6.45, 7) is 0. The van der Waals surface area contributed by atoms with E-state index in [1.807, 2.05) is 56.6 Å². The van der Waals surface area contributed by atoms with E-state index < -0.39 is 5.97 Å². The molecule has 0 radical (unpaired) electrons. The zero-order chi connectivity index (χ0) is 22.0. The van der Waals surface area contributed by atoms with E-state index in [1.165, 1.54) is 6.08 Å². The number of fused-ring (bicyclic) bond motifs is 1. The van der Waals surface area contributed by atoms with Gasteiger partial charge in [-0.05, 0) is 48.0 Å². The summed E-state index contributed by atoms with van der Waals surface area (Å²) in [4.78, 5) is 13.7. The summed E-state index contributed by atoms with van der Waals surface area (Å²) < 4.78 is 7.27. The van der Waals surface area contributed by atoms with Gasteiger partial charge in [-0.15, -0.1) is 11.3 Å². The Hall–Kier alpha value is -3.77. The summed E-state index contributed by atoms with van der Waals surface area (Å²) in [7, 11) is 4.00. The highest BCUT2D eigenvalue weighted by atomic mass is 32.1. The van der Waals surface area contributed by atoms with Gasteiger partial charge in [0, 0.05) is 41.5 Å². The van der Waals surface area contributed by atoms with Crippen LogP contribution in [0, 0.1) is 0 Å². The Labute approximate surface area is 184 Å². The van der Waals surface area contributed by atoms with Crippen molar-refractivity contribution in [2.45, 2.75) is 0 Å². The number of carbonyl (C=O) groups is 1. The van der Waals surface area contributed by atoms with Crippen LogP contribution in [0.5, 0.6) is 17.2 Å². The summed E-state index contributed by atoms with van der Waals surface area (Å²) in [5.74, 6) is 0.590. The minimum Gasteiger partial charge on any atom is -0.508 e. The Balaban J connectivity index is 1.80. The molecule has 0 amide bonds. The third-order valence-corrected chi connectivity index (χ3v) is 5.94. The molecule has 31 heavy (non-hydrogen) atoms. The lowest BCUT2D eigenvalue weighted by Gasteiger charge is -2.17. The number of aromatic hydroxyl groups is 1. The van der Waals surface area contributed by atoms with E-state index in [-0.39, 0.29) is 5.75 Å². The first-order chi connectivity index (χ1) is 14.9. The highest BCUT2D eigenvalue weighted by molar-refractivity contribution is 7.22. The van der Waals surface area contributed by atoms with Crippen molar-refractivity contribution in [3.63, 3.8) is 0 Å². The summed E-state index contributed by atoms with van der Waals surface area (Å²) in [6, 6.07) is 20.6. The Kier molecular flexibility index (Phi) is 5.64. The third kappa shape index (κ3) is 4.39. The number of para-hydroxylation sites is 1. The van der Waals surface area contributed by atoms with Crippen molar-refractivity contribution in [2.75, 3.05) is 19.0 Å². The van der Waals surface area contributed by atoms with Crippen LogP contribution in [0.2, 0.25) is 0 Å². The van der Waals surface area contributed by atoms with Gasteiger partial charge in [-0.3, -0.25) is 0 Å². The highest BCUT2D eigenvalue weighted by Crippen LogP contribution is 2.49. The van der Waals surface area contributed by atoms with Crippen LogP contribution in [0.25, 0.3) is 26.6 Å². The van der Waals surface area contributed by atoms with Crippen molar-refractivity contribution < 1.29 is 19.7 Å². The molecule has 0 aliphatic heterocycles. The quantitative estimate of drug-likeness (QED) is 0.354. The lowest BCUT2D eigenvalue weighted by atomic mass is 10.1. The van der Waals surface area contributed by atoms with Crippen molar-refractivity contribution in [1.29, 1.82) is 0 Å². The number of anilines is 1. The monoisotopic (exact) mass is 431 g/mol. The largest absolute Gasteiger partial charge is 0.508 e. The van der Waals surface area contributed by atoms with Crippen LogP contribution < -0.4 is 9.64 Å². The van der Waals surface area contributed by atoms with E-state index in [0.29, 0.717) is 5.75 Å². The van der Waals surface area contributed by atoms with Gasteiger partial charge in [0.15, 0.2) is 5.75 Å². The molecule has 1 heterocycles. The normalized spacial score (nSPS) is 11.2. The SMILES string of the molecule is CN(C)c1ccccc1-c1sc2cc(O)ccc2c1Oc1ccc(C=CC(=O)O)cc1. The van der Waals surface area contributed by atoms with Crippen LogP contribution in [0.3, 0.4) is 0 Å². The maximum absolute atomic E-state index is 10.7. The fraction of sp³-hybridized carbons (Fsp3) is 0.0800. The number of nitrogens with zero attached hydrogens (tertiary/aromatic N) is 1. The Morgan fingerprint density at radius 2 is 1.77 bits per heavy atom. The predicted octanol–water partition coefficient (Wildman–Crippen LogP) is 6.23. The number of carboxylic acid groups (broad SMARTS) is 1. The molecule has 156 valence electrons. The molecule has 0 unspecified atom stereocenters. The molecule has 5 nitrogen and oxygen atoms in total. The lowest BCUT2D eigenvalue weighted by molar-refractivity contribution is -0.131. The molecule has 0 aliphatic carbocycles. The molecule has 0 saturated carbocycles. The number of carboxylic acids is 1. The van der Waals surface area contributed by atoms with Gasteiger partial charge in [-0.2, -0.15) is 0 Å². The number of phenolic OH excluding ortho intramolecular Hbond substituents is 1. The average Bonchev–Trinajstić information content (AvgIpc) is 3.10. The van der Waals surface area contributed by atoms with Gasteiger partial charge >= 0.3 is 5.97 Å². The highest BCUT2D eigenvalue weighted by Gasteiger charge is 2.19. The maximum Gasteiger partial charge on any atom is 0.328 e. The zero-order valence-corrected chi connectivity index (χ0v) is 17.9. The van der Waals surface area contributed by atoms with Gasteiger partial charge in [0.05, 0.1) is 4.88 Å². The fourth-order valence-corrected chi connectivity index (χ4v) is 4.53. The summed E-state index contributed by atoms with van der Waals surface area (Å²) in [5.41, 5.74) is 2.88. The Morgan fingerprint density at radius 3 is 2.48 bits per heavy atom. The predicted molar refractivity (Wildman–Crippen MR) is 126 cm³/mol. The molecule has 0 bridgehead atoms. The average molecular weight is 432 g/mol. The van der Waals surface area contributed by atoms with Gasteiger partial charge in [0.1, 0.15) is 11.5 Å². The molecule has 2 N–H and O–H groups in total. The second-order valence-electron chi connectivity index (χ2n) is 7.20. The first kappa shape index (κ1) is 20.5. The molecule has 0 spiro atoms. The topological polar surface area (TPSA) is 70.0 Å². The molecule has 0 fully saturated rings. The van der Waals surface area contributed by atoms with Crippen molar-refractivity contribution in [1.82, 2.24) is 0 Å². The Bertz CT molecular complexity index is 1270. The number of ether oxygens (including phenoxy) is 1. The second kappa shape index (κ2) is 8.53. The lowest BCUT2D eigenvalue weighted by Crippen LogP contribution is -2.09. The number of phenols is 1. The van der Waals surface area contributed by atoms with Crippen molar-refractivity contribution in [3.8, 4) is 27.7 Å². The fourth-order valence-electron chi connectivity index (χ4n) is 3.33. The van der Waals surface area contributed by atoms with E-state index in [2.05, 4.69) is 17.0 Å². The summed E-state index contributed by atoms with van der Waals surface area (Å²) >= 11 is 1.57. The molecule has 1 aromatic heterocycles. The van der Waals surface area contributed by atoms with E-state index in [0.717, 1.165) is 43.6 Å². The van der Waals surface area contributed by atoms with Crippen LogP contribution in [0.4, 0.5) is 5.69 Å². The Morgan fingerprint density at radius 1 is 1.03 bits per heavy atom. The number of hydrogen-bond donors (Lipinski definition) is 2. The standard InChI is InChI=1S/C25H21NO4S/c1-26(2)21-6-4-3-5-19(21)25-24(20-13-10-17(27)15-22(20)31-25)30-18-11-7-16(8-12-18)9-14-23(28)29/h3-15,27H,1-2H3,(H,28,29). The van der Waals surface area contributed by atoms with Gasteiger partial charge in [-0.25, -0.2) is 4.79 Å². The van der Waals surface area contributed by atoms with Crippen molar-refractivity contribution in [3.05, 3.63) is 78.4 Å². The maximum atomic E-state index is 10.7. The van der Waals surface area contributed by atoms with Gasteiger partial charge in [0.2, 0.25) is 0 Å². The smallest absolute Gasteiger partial charge is 0.328 e. The molecule has 4 rings (SSSR count).